The average Bonchev–Trinajstić information content (AvgIpc) is 3.47. The number of hydrogen-bond acceptors (Lipinski definition) is 5. The van der Waals surface area contributed by atoms with Crippen molar-refractivity contribution in [1.29, 1.82) is 0 Å². The number of rotatable bonds is 4. The number of benzene rings is 1. The Morgan fingerprint density at radius 3 is 2.58 bits per heavy atom. The van der Waals surface area contributed by atoms with Crippen LogP contribution in [0.1, 0.15) is 36.7 Å². The minimum Gasteiger partial charge on any atom is -0.378 e. The van der Waals surface area contributed by atoms with Crippen LogP contribution in [0.4, 0.5) is 20.2 Å². The van der Waals surface area contributed by atoms with Crippen LogP contribution >= 0.6 is 0 Å². The van der Waals surface area contributed by atoms with E-state index in [9.17, 15) is 9.18 Å². The number of morpholine rings is 1. The van der Waals surface area contributed by atoms with Gasteiger partial charge in [0.1, 0.15) is 11.4 Å². The van der Waals surface area contributed by atoms with Crippen LogP contribution < -0.4 is 10.2 Å². The number of ether oxygens (including phenoxy) is 1. The van der Waals surface area contributed by atoms with E-state index in [1.807, 2.05) is 22.9 Å². The average molecular weight is 495 g/mol. The number of amides is 1. The van der Waals surface area contributed by atoms with E-state index in [-0.39, 0.29) is 11.3 Å². The maximum Gasteiger partial charge on any atom is 0.261 e. The second-order valence-corrected chi connectivity index (χ2v) is 9.89. The number of nitrogens with one attached hydrogen (secondary N) is 1. The van der Waals surface area contributed by atoms with Gasteiger partial charge in [-0.15, -0.1) is 0 Å². The van der Waals surface area contributed by atoms with E-state index < -0.39 is 23.2 Å². The van der Waals surface area contributed by atoms with Gasteiger partial charge in [0.15, 0.2) is 5.65 Å². The third-order valence-corrected chi connectivity index (χ3v) is 6.32. The first-order valence-electron chi connectivity index (χ1n) is 11.8. The molecule has 10 heteroatoms. The van der Waals surface area contributed by atoms with Crippen LogP contribution in [-0.2, 0) is 10.3 Å². The van der Waals surface area contributed by atoms with Gasteiger partial charge in [-0.2, -0.15) is 9.49 Å². The molecule has 0 bridgehead atoms. The van der Waals surface area contributed by atoms with Crippen LogP contribution in [0.25, 0.3) is 16.8 Å². The lowest BCUT2D eigenvalue weighted by molar-refractivity contribution is 0.102. The molecule has 1 saturated heterocycles. The molecule has 4 aromatic rings. The fraction of sp³-hybridized carbons (Fsp3) is 0.346. The number of aromatic nitrogens is 4. The van der Waals surface area contributed by atoms with Crippen molar-refractivity contribution in [3.8, 4) is 11.1 Å². The van der Waals surface area contributed by atoms with Crippen molar-refractivity contribution in [2.24, 2.45) is 0 Å². The number of carbonyl (C=O) groups is 1. The molecule has 188 valence electrons. The normalized spacial score (nSPS) is 14.4. The Hall–Kier alpha value is -3.79. The summed E-state index contributed by atoms with van der Waals surface area (Å²) < 4.78 is 38.4. The topological polar surface area (TPSA) is 76.7 Å². The zero-order valence-electron chi connectivity index (χ0n) is 20.7. The predicted molar refractivity (Wildman–Crippen MR) is 133 cm³/mol. The van der Waals surface area contributed by atoms with Gasteiger partial charge in [-0.25, -0.2) is 14.1 Å². The van der Waals surface area contributed by atoms with Gasteiger partial charge in [0, 0.05) is 42.9 Å². The monoisotopic (exact) mass is 494 g/mol. The van der Waals surface area contributed by atoms with Crippen molar-refractivity contribution < 1.29 is 18.3 Å². The lowest BCUT2D eigenvalue weighted by atomic mass is 10.00. The summed E-state index contributed by atoms with van der Waals surface area (Å²) in [5.74, 6) is -1.92. The predicted octanol–water partition coefficient (Wildman–Crippen LogP) is 4.63. The van der Waals surface area contributed by atoms with E-state index in [2.05, 4.69) is 20.3 Å². The van der Waals surface area contributed by atoms with Crippen LogP contribution in [0, 0.1) is 18.7 Å². The lowest BCUT2D eigenvalue weighted by Crippen LogP contribution is -2.36. The first-order valence-corrected chi connectivity index (χ1v) is 11.8. The van der Waals surface area contributed by atoms with Gasteiger partial charge in [0.25, 0.3) is 5.91 Å². The van der Waals surface area contributed by atoms with Gasteiger partial charge in [-0.1, -0.05) is 0 Å². The van der Waals surface area contributed by atoms with E-state index in [0.29, 0.717) is 24.3 Å². The van der Waals surface area contributed by atoms with Gasteiger partial charge in [-0.3, -0.25) is 4.79 Å². The second-order valence-electron chi connectivity index (χ2n) is 9.89. The van der Waals surface area contributed by atoms with Gasteiger partial charge >= 0.3 is 0 Å². The second kappa shape index (κ2) is 9.02. The van der Waals surface area contributed by atoms with E-state index >= 15 is 4.39 Å². The van der Waals surface area contributed by atoms with Crippen LogP contribution in [0.2, 0.25) is 0 Å². The zero-order chi connectivity index (χ0) is 25.6. The number of carbonyl (C=O) groups excluding carboxylic acids is 1. The Balaban J connectivity index is 1.52. The lowest BCUT2D eigenvalue weighted by Gasteiger charge is -2.29. The standard InChI is InChI=1S/C26H28F2N6O2/c1-16-19(17-11-22(32-7-9-36-10-8-32)24-29-5-6-33(24)15-17)12-18(13-21(16)27)31-25(35)20-14-30-34(23(20)28)26(2,3)4/h5-6,11-15H,7-10H2,1-4H3,(H,31,35). The molecule has 1 fully saturated rings. The molecule has 8 nitrogen and oxygen atoms in total. The number of anilines is 2. The van der Waals surface area contributed by atoms with Gasteiger partial charge in [0.2, 0.25) is 5.95 Å². The first-order chi connectivity index (χ1) is 17.1. The molecule has 0 atom stereocenters. The fourth-order valence-electron chi connectivity index (χ4n) is 4.40. The van der Waals surface area contributed by atoms with E-state index in [0.717, 1.165) is 34.7 Å². The maximum atomic E-state index is 15.0. The molecule has 0 radical (unpaired) electrons. The number of fused-ring (bicyclic) bond motifs is 1. The third-order valence-electron chi connectivity index (χ3n) is 6.32. The van der Waals surface area contributed by atoms with Crippen LogP contribution in [0.3, 0.4) is 0 Å². The molecule has 0 aliphatic carbocycles. The highest BCUT2D eigenvalue weighted by Crippen LogP contribution is 2.33. The molecule has 1 aliphatic rings. The van der Waals surface area contributed by atoms with Crippen molar-refractivity contribution >= 4 is 22.9 Å². The van der Waals surface area contributed by atoms with E-state index in [1.54, 1.807) is 40.0 Å². The van der Waals surface area contributed by atoms with Crippen LogP contribution in [-0.4, -0.2) is 51.4 Å². The fourth-order valence-corrected chi connectivity index (χ4v) is 4.40. The number of hydrogen-bond donors (Lipinski definition) is 1. The highest BCUT2D eigenvalue weighted by Gasteiger charge is 2.25. The number of nitrogens with zero attached hydrogens (tertiary/aromatic N) is 5. The molecule has 0 unspecified atom stereocenters. The summed E-state index contributed by atoms with van der Waals surface area (Å²) in [6, 6.07) is 4.92. The van der Waals surface area contributed by atoms with Crippen LogP contribution in [0.15, 0.2) is 43.0 Å². The number of halogens is 2. The van der Waals surface area contributed by atoms with Crippen molar-refractivity contribution in [1.82, 2.24) is 19.2 Å². The molecule has 0 saturated carbocycles. The molecule has 0 spiro atoms. The Labute approximate surface area is 207 Å². The van der Waals surface area contributed by atoms with E-state index in [1.165, 1.54) is 12.3 Å². The Morgan fingerprint density at radius 1 is 1.14 bits per heavy atom. The van der Waals surface area contributed by atoms with Gasteiger partial charge in [0.05, 0.1) is 30.6 Å². The van der Waals surface area contributed by atoms with Crippen molar-refractivity contribution in [3.05, 3.63) is 65.9 Å². The quantitative estimate of drug-likeness (QED) is 0.448. The molecular formula is C26H28F2N6O2. The summed E-state index contributed by atoms with van der Waals surface area (Å²) >= 11 is 0. The minimum atomic E-state index is -0.742. The molecule has 1 amide bonds. The highest BCUT2D eigenvalue weighted by atomic mass is 19.1. The largest absolute Gasteiger partial charge is 0.378 e. The molecule has 1 N–H and O–H groups in total. The summed E-state index contributed by atoms with van der Waals surface area (Å²) in [5.41, 5.74) is 2.92. The summed E-state index contributed by atoms with van der Waals surface area (Å²) in [6.07, 6.45) is 6.63. The SMILES string of the molecule is Cc1c(F)cc(NC(=O)c2cnn(C(C)(C)C)c2F)cc1-c1cc(N2CCOCC2)c2nccn2c1. The molecule has 5 rings (SSSR count). The number of imidazole rings is 1. The molecule has 1 aliphatic heterocycles. The van der Waals surface area contributed by atoms with E-state index in [4.69, 9.17) is 4.74 Å². The molecular weight excluding hydrogens is 466 g/mol. The Morgan fingerprint density at radius 2 is 1.89 bits per heavy atom. The minimum absolute atomic E-state index is 0.207. The number of pyridine rings is 1. The van der Waals surface area contributed by atoms with Crippen molar-refractivity contribution in [2.75, 3.05) is 36.5 Å². The third kappa shape index (κ3) is 4.32. The smallest absolute Gasteiger partial charge is 0.261 e. The zero-order valence-corrected chi connectivity index (χ0v) is 20.7. The molecule has 4 heterocycles. The summed E-state index contributed by atoms with van der Waals surface area (Å²) in [6.45, 7) is 9.74. The maximum absolute atomic E-state index is 15.0. The van der Waals surface area contributed by atoms with Crippen molar-refractivity contribution in [2.45, 2.75) is 33.2 Å². The summed E-state index contributed by atoms with van der Waals surface area (Å²) in [4.78, 5) is 19.6. The highest BCUT2D eigenvalue weighted by molar-refractivity contribution is 6.04. The summed E-state index contributed by atoms with van der Waals surface area (Å²) in [7, 11) is 0. The molecule has 36 heavy (non-hydrogen) atoms. The van der Waals surface area contributed by atoms with Crippen molar-refractivity contribution in [3.63, 3.8) is 0 Å². The van der Waals surface area contributed by atoms with Gasteiger partial charge in [-0.05, 0) is 57.0 Å². The van der Waals surface area contributed by atoms with Crippen LogP contribution in [0.5, 0.6) is 0 Å². The molecule has 1 aromatic carbocycles. The molecule has 3 aromatic heterocycles. The first kappa shape index (κ1) is 23.9. The summed E-state index contributed by atoms with van der Waals surface area (Å²) in [5, 5.41) is 6.64. The Bertz CT molecular complexity index is 1450. The van der Waals surface area contributed by atoms with Gasteiger partial charge < -0.3 is 19.4 Å². The Kier molecular flexibility index (Phi) is 5.99.